The number of aromatic nitrogens is 4. The molecule has 164 valence electrons. The van der Waals surface area contributed by atoms with E-state index in [4.69, 9.17) is 28.9 Å². The fraction of sp³-hybridized carbons (Fsp3) is 0.208. The van der Waals surface area contributed by atoms with Gasteiger partial charge in [-0.05, 0) is 61.8 Å². The molecule has 0 saturated carbocycles. The minimum atomic E-state index is 0.475. The molecule has 8 heteroatoms. The van der Waals surface area contributed by atoms with Crippen LogP contribution < -0.4 is 10.6 Å². The second-order valence-corrected chi connectivity index (χ2v) is 8.58. The van der Waals surface area contributed by atoms with Gasteiger partial charge in [0.1, 0.15) is 0 Å². The monoisotopic (exact) mass is 464 g/mol. The number of aryl methyl sites for hydroxylation is 2. The lowest BCUT2D eigenvalue weighted by Gasteiger charge is -2.10. The Morgan fingerprint density at radius 3 is 2.44 bits per heavy atom. The van der Waals surface area contributed by atoms with E-state index < -0.39 is 0 Å². The van der Waals surface area contributed by atoms with Gasteiger partial charge in [0.05, 0.1) is 30.2 Å². The third kappa shape index (κ3) is 5.18. The van der Waals surface area contributed by atoms with Crippen molar-refractivity contribution in [3.05, 3.63) is 93.9 Å². The minimum absolute atomic E-state index is 0.475. The topological polar surface area (TPSA) is 59.7 Å². The molecule has 0 atom stereocenters. The maximum absolute atomic E-state index is 5.95. The van der Waals surface area contributed by atoms with Gasteiger partial charge >= 0.3 is 0 Å². The van der Waals surface area contributed by atoms with Crippen molar-refractivity contribution < 1.29 is 0 Å². The van der Waals surface area contributed by atoms with Crippen molar-refractivity contribution in [1.29, 1.82) is 0 Å². The maximum atomic E-state index is 5.95. The molecule has 4 rings (SSSR count). The van der Waals surface area contributed by atoms with Crippen LogP contribution in [0.5, 0.6) is 0 Å². The van der Waals surface area contributed by atoms with Gasteiger partial charge < -0.3 is 10.6 Å². The van der Waals surface area contributed by atoms with Crippen LogP contribution in [-0.4, -0.2) is 24.7 Å². The summed E-state index contributed by atoms with van der Waals surface area (Å²) in [6, 6.07) is 18.0. The van der Waals surface area contributed by atoms with E-state index in [1.54, 1.807) is 0 Å². The molecule has 0 aliphatic heterocycles. The molecule has 2 N–H and O–H groups in total. The number of rotatable bonds is 6. The maximum Gasteiger partial charge on any atom is 0.176 e. The van der Waals surface area contributed by atoms with Gasteiger partial charge in [-0.3, -0.25) is 9.36 Å². The molecule has 2 aromatic carbocycles. The van der Waals surface area contributed by atoms with Crippen molar-refractivity contribution in [1.82, 2.24) is 19.6 Å². The van der Waals surface area contributed by atoms with Gasteiger partial charge in [0, 0.05) is 17.3 Å². The van der Waals surface area contributed by atoms with Gasteiger partial charge in [0.15, 0.2) is 10.9 Å². The normalized spacial score (nSPS) is 10.9. The number of thiocarbonyl (C=S) groups is 1. The summed E-state index contributed by atoms with van der Waals surface area (Å²) in [6.07, 6.45) is 1.91. The van der Waals surface area contributed by atoms with Gasteiger partial charge in [-0.15, -0.1) is 0 Å². The number of nitrogens with one attached hydrogen (secondary N) is 2. The van der Waals surface area contributed by atoms with Crippen molar-refractivity contribution in [3.63, 3.8) is 0 Å². The first-order chi connectivity index (χ1) is 15.4. The zero-order chi connectivity index (χ0) is 22.7. The van der Waals surface area contributed by atoms with E-state index in [1.807, 2.05) is 65.8 Å². The summed E-state index contributed by atoms with van der Waals surface area (Å²) < 4.78 is 3.86. The molecule has 0 fully saturated rings. The standard InChI is InChI=1S/C24H25ClN6S/c1-16-6-4-5-7-20(16)15-31-18(3)23(17(2)28-31)27-24(32)26-22-12-13-30(29-22)14-19-8-10-21(25)11-9-19/h4-13H,14-15H2,1-3H3,(H2,26,27,29,32). The summed E-state index contributed by atoms with van der Waals surface area (Å²) in [6.45, 7) is 7.52. The molecule has 0 saturated heterocycles. The average molecular weight is 465 g/mol. The summed E-state index contributed by atoms with van der Waals surface area (Å²) >= 11 is 11.5. The Morgan fingerprint density at radius 2 is 1.69 bits per heavy atom. The van der Waals surface area contributed by atoms with Crippen LogP contribution in [0.2, 0.25) is 5.02 Å². The molecule has 0 aliphatic rings. The quantitative estimate of drug-likeness (QED) is 0.365. The van der Waals surface area contributed by atoms with Crippen LogP contribution in [0.15, 0.2) is 60.8 Å². The Morgan fingerprint density at radius 1 is 0.938 bits per heavy atom. The zero-order valence-electron chi connectivity index (χ0n) is 18.3. The SMILES string of the molecule is Cc1ccccc1Cn1nc(C)c(NC(=S)Nc2ccn(Cc3ccc(Cl)cc3)n2)c1C. The number of nitrogens with zero attached hydrogens (tertiary/aromatic N) is 4. The molecule has 0 unspecified atom stereocenters. The number of hydrogen-bond acceptors (Lipinski definition) is 3. The molecule has 0 radical (unpaired) electrons. The summed E-state index contributed by atoms with van der Waals surface area (Å²) in [5.41, 5.74) is 6.46. The van der Waals surface area contributed by atoms with E-state index in [-0.39, 0.29) is 0 Å². The van der Waals surface area contributed by atoms with Gasteiger partial charge in [0.25, 0.3) is 0 Å². The molecular weight excluding hydrogens is 440 g/mol. The van der Waals surface area contributed by atoms with Gasteiger partial charge in [0.2, 0.25) is 0 Å². The first-order valence-corrected chi connectivity index (χ1v) is 11.1. The number of hydrogen-bond donors (Lipinski definition) is 2. The molecule has 0 bridgehead atoms. The number of halogens is 1. The van der Waals surface area contributed by atoms with Crippen LogP contribution in [0, 0.1) is 20.8 Å². The van der Waals surface area contributed by atoms with Crippen LogP contribution >= 0.6 is 23.8 Å². The van der Waals surface area contributed by atoms with E-state index in [9.17, 15) is 0 Å². The summed E-state index contributed by atoms with van der Waals surface area (Å²) in [5.74, 6) is 0.680. The summed E-state index contributed by atoms with van der Waals surface area (Å²) in [7, 11) is 0. The Labute approximate surface area is 198 Å². The van der Waals surface area contributed by atoms with E-state index in [0.29, 0.717) is 17.5 Å². The molecule has 0 spiro atoms. The van der Waals surface area contributed by atoms with Crippen molar-refractivity contribution in [2.24, 2.45) is 0 Å². The molecule has 0 aliphatic carbocycles. The molecule has 2 aromatic heterocycles. The zero-order valence-corrected chi connectivity index (χ0v) is 19.8. The Hall–Kier alpha value is -3.16. The second kappa shape index (κ2) is 9.54. The third-order valence-electron chi connectivity index (χ3n) is 5.34. The highest BCUT2D eigenvalue weighted by atomic mass is 35.5. The molecular formula is C24H25ClN6S. The highest BCUT2D eigenvalue weighted by Gasteiger charge is 2.14. The Bertz CT molecular complexity index is 1240. The lowest BCUT2D eigenvalue weighted by Crippen LogP contribution is -2.20. The van der Waals surface area contributed by atoms with Crippen LogP contribution in [-0.2, 0) is 13.1 Å². The molecule has 2 heterocycles. The first-order valence-electron chi connectivity index (χ1n) is 10.3. The van der Waals surface area contributed by atoms with Crippen molar-refractivity contribution in [2.75, 3.05) is 10.6 Å². The van der Waals surface area contributed by atoms with Gasteiger partial charge in [-0.1, -0.05) is 48.0 Å². The highest BCUT2D eigenvalue weighted by Crippen LogP contribution is 2.21. The summed E-state index contributed by atoms with van der Waals surface area (Å²) in [4.78, 5) is 0. The molecule has 32 heavy (non-hydrogen) atoms. The third-order valence-corrected chi connectivity index (χ3v) is 5.80. The molecule has 6 nitrogen and oxygen atoms in total. The smallest absolute Gasteiger partial charge is 0.176 e. The Balaban J connectivity index is 1.40. The second-order valence-electron chi connectivity index (χ2n) is 7.73. The number of anilines is 2. The average Bonchev–Trinajstić information content (AvgIpc) is 3.30. The Kier molecular flexibility index (Phi) is 6.58. The van der Waals surface area contributed by atoms with E-state index in [0.717, 1.165) is 34.2 Å². The lowest BCUT2D eigenvalue weighted by molar-refractivity contribution is 0.657. The van der Waals surface area contributed by atoms with Crippen molar-refractivity contribution in [3.8, 4) is 0 Å². The fourth-order valence-electron chi connectivity index (χ4n) is 3.54. The summed E-state index contributed by atoms with van der Waals surface area (Å²) in [5, 5.41) is 16.9. The van der Waals surface area contributed by atoms with Crippen molar-refractivity contribution >= 4 is 40.4 Å². The predicted molar refractivity (Wildman–Crippen MR) is 135 cm³/mol. The first kappa shape index (κ1) is 22.0. The van der Waals surface area contributed by atoms with E-state index in [2.05, 4.69) is 40.9 Å². The van der Waals surface area contributed by atoms with Crippen molar-refractivity contribution in [2.45, 2.75) is 33.9 Å². The van der Waals surface area contributed by atoms with Crippen LogP contribution in [0.25, 0.3) is 0 Å². The predicted octanol–water partition coefficient (Wildman–Crippen LogP) is 5.56. The van der Waals surface area contributed by atoms with Crippen LogP contribution in [0.3, 0.4) is 0 Å². The van der Waals surface area contributed by atoms with E-state index >= 15 is 0 Å². The largest absolute Gasteiger partial charge is 0.329 e. The number of benzene rings is 2. The molecule has 0 amide bonds. The lowest BCUT2D eigenvalue weighted by atomic mass is 10.1. The van der Waals surface area contributed by atoms with Gasteiger partial charge in [-0.2, -0.15) is 10.2 Å². The minimum Gasteiger partial charge on any atom is -0.329 e. The van der Waals surface area contributed by atoms with Crippen LogP contribution in [0.1, 0.15) is 28.1 Å². The van der Waals surface area contributed by atoms with E-state index in [1.165, 1.54) is 11.1 Å². The van der Waals surface area contributed by atoms with Crippen LogP contribution in [0.4, 0.5) is 11.5 Å². The highest BCUT2D eigenvalue weighted by molar-refractivity contribution is 7.80. The molecule has 4 aromatic rings. The van der Waals surface area contributed by atoms with Gasteiger partial charge in [-0.25, -0.2) is 0 Å². The fourth-order valence-corrected chi connectivity index (χ4v) is 3.87.